The van der Waals surface area contributed by atoms with E-state index >= 15 is 0 Å². The van der Waals surface area contributed by atoms with Crippen molar-refractivity contribution in [1.82, 2.24) is 4.98 Å². The van der Waals surface area contributed by atoms with Gasteiger partial charge in [-0.1, -0.05) is 36.4 Å². The highest BCUT2D eigenvalue weighted by Gasteiger charge is 1.95. The van der Waals surface area contributed by atoms with Gasteiger partial charge in [-0.2, -0.15) is 0 Å². The van der Waals surface area contributed by atoms with E-state index in [1.54, 1.807) is 0 Å². The Bertz CT molecular complexity index is 449. The molecule has 0 saturated heterocycles. The Morgan fingerprint density at radius 2 is 1.69 bits per heavy atom. The first-order valence-electron chi connectivity index (χ1n) is 5.01. The average Bonchev–Trinajstić information content (AvgIpc) is 2.31. The lowest BCUT2D eigenvalue weighted by molar-refractivity contribution is 1.27. The molecule has 2 heteroatoms. The van der Waals surface area contributed by atoms with Crippen LogP contribution in [-0.2, 0) is 0 Å². The van der Waals surface area contributed by atoms with Crippen LogP contribution in [0.3, 0.4) is 0 Å². The lowest BCUT2D eigenvalue weighted by atomic mass is 10.1. The molecule has 16 heavy (non-hydrogen) atoms. The summed E-state index contributed by atoms with van der Waals surface area (Å²) in [6, 6.07) is 16.2. The summed E-state index contributed by atoms with van der Waals surface area (Å²) in [5, 5.41) is 0. The Labute approximate surface area is 102 Å². The van der Waals surface area contributed by atoms with Crippen molar-refractivity contribution < 1.29 is 0 Å². The largest absolute Gasteiger partial charge is 0.257 e. The standard InChI is InChI=1S/C14H13N.ClH/c1-12(14-9-5-6-10-15-14)11-13-7-3-2-4-8-13;/h2-11H,1H3;1H. The molecule has 0 radical (unpaired) electrons. The lowest BCUT2D eigenvalue weighted by Gasteiger charge is -1.99. The molecular formula is C14H14ClN. The maximum Gasteiger partial charge on any atom is 0.0658 e. The molecule has 0 fully saturated rings. The van der Waals surface area contributed by atoms with Gasteiger partial charge >= 0.3 is 0 Å². The van der Waals surface area contributed by atoms with Crippen LogP contribution < -0.4 is 0 Å². The molecule has 2 aromatic rings. The zero-order valence-corrected chi connectivity index (χ0v) is 9.95. The molecule has 0 bridgehead atoms. The first-order chi connectivity index (χ1) is 7.36. The molecule has 0 N–H and O–H groups in total. The van der Waals surface area contributed by atoms with E-state index in [1.165, 1.54) is 11.1 Å². The van der Waals surface area contributed by atoms with Crippen LogP contribution in [-0.4, -0.2) is 4.98 Å². The van der Waals surface area contributed by atoms with Crippen LogP contribution in [0.5, 0.6) is 0 Å². The number of pyridine rings is 1. The Kier molecular flexibility index (Phi) is 4.74. The molecule has 1 aromatic carbocycles. The molecule has 0 unspecified atom stereocenters. The lowest BCUT2D eigenvalue weighted by Crippen LogP contribution is -1.83. The Hall–Kier alpha value is -1.60. The summed E-state index contributed by atoms with van der Waals surface area (Å²) in [6.07, 6.45) is 3.96. The number of hydrogen-bond donors (Lipinski definition) is 0. The van der Waals surface area contributed by atoms with E-state index in [0.29, 0.717) is 0 Å². The first kappa shape index (κ1) is 12.5. The predicted molar refractivity (Wildman–Crippen MR) is 71.5 cm³/mol. The normalized spacial score (nSPS) is 10.7. The van der Waals surface area contributed by atoms with Gasteiger partial charge in [0.2, 0.25) is 0 Å². The quantitative estimate of drug-likeness (QED) is 0.760. The van der Waals surface area contributed by atoms with Gasteiger partial charge in [-0.25, -0.2) is 0 Å². The molecule has 0 amide bonds. The smallest absolute Gasteiger partial charge is 0.0658 e. The van der Waals surface area contributed by atoms with E-state index < -0.39 is 0 Å². The second-order valence-corrected chi connectivity index (χ2v) is 3.45. The predicted octanol–water partition coefficient (Wildman–Crippen LogP) is 4.06. The van der Waals surface area contributed by atoms with Crippen molar-refractivity contribution in [3.8, 4) is 0 Å². The SMILES string of the molecule is CC(=Cc1ccccc1)c1ccccn1.Cl. The van der Waals surface area contributed by atoms with Crippen LogP contribution in [0.4, 0.5) is 0 Å². The molecule has 0 atom stereocenters. The molecule has 0 aliphatic rings. The van der Waals surface area contributed by atoms with E-state index in [1.807, 2.05) is 42.6 Å². The fourth-order valence-corrected chi connectivity index (χ4v) is 1.47. The highest BCUT2D eigenvalue weighted by molar-refractivity contribution is 5.85. The number of allylic oxidation sites excluding steroid dienone is 1. The van der Waals surface area contributed by atoms with Crippen molar-refractivity contribution in [2.75, 3.05) is 0 Å². The fourth-order valence-electron chi connectivity index (χ4n) is 1.47. The van der Waals surface area contributed by atoms with E-state index in [9.17, 15) is 0 Å². The summed E-state index contributed by atoms with van der Waals surface area (Å²) in [6.45, 7) is 2.08. The van der Waals surface area contributed by atoms with Crippen LogP contribution in [0.2, 0.25) is 0 Å². The molecule has 0 saturated carbocycles. The molecule has 1 aromatic heterocycles. The van der Waals surface area contributed by atoms with Gasteiger partial charge in [0.1, 0.15) is 0 Å². The van der Waals surface area contributed by atoms with Crippen molar-refractivity contribution in [2.45, 2.75) is 6.92 Å². The average molecular weight is 232 g/mol. The molecule has 0 spiro atoms. The van der Waals surface area contributed by atoms with Crippen LogP contribution in [0, 0.1) is 0 Å². The van der Waals surface area contributed by atoms with E-state index in [4.69, 9.17) is 0 Å². The summed E-state index contributed by atoms with van der Waals surface area (Å²) in [7, 11) is 0. The second-order valence-electron chi connectivity index (χ2n) is 3.45. The van der Waals surface area contributed by atoms with Gasteiger partial charge in [0.25, 0.3) is 0 Å². The zero-order chi connectivity index (χ0) is 10.5. The van der Waals surface area contributed by atoms with E-state index in [0.717, 1.165) is 5.69 Å². The Balaban J connectivity index is 0.00000128. The van der Waals surface area contributed by atoms with Crippen molar-refractivity contribution in [1.29, 1.82) is 0 Å². The van der Waals surface area contributed by atoms with E-state index in [-0.39, 0.29) is 12.4 Å². The molecule has 1 heterocycles. The molecule has 2 rings (SSSR count). The number of aromatic nitrogens is 1. The first-order valence-corrected chi connectivity index (χ1v) is 5.01. The van der Waals surface area contributed by atoms with E-state index in [2.05, 4.69) is 30.1 Å². The van der Waals surface area contributed by atoms with Gasteiger partial charge in [-0.15, -0.1) is 12.4 Å². The topological polar surface area (TPSA) is 12.9 Å². The van der Waals surface area contributed by atoms with Crippen molar-refractivity contribution in [2.24, 2.45) is 0 Å². The summed E-state index contributed by atoms with van der Waals surface area (Å²) >= 11 is 0. The number of hydrogen-bond acceptors (Lipinski definition) is 1. The maximum atomic E-state index is 4.31. The second kappa shape index (κ2) is 6.09. The number of benzene rings is 1. The molecule has 82 valence electrons. The van der Waals surface area contributed by atoms with Gasteiger partial charge in [0.05, 0.1) is 5.69 Å². The Morgan fingerprint density at radius 1 is 1.00 bits per heavy atom. The van der Waals surface area contributed by atoms with Gasteiger partial charge in [0.15, 0.2) is 0 Å². The monoisotopic (exact) mass is 231 g/mol. The molecule has 0 aliphatic heterocycles. The van der Waals surface area contributed by atoms with Crippen LogP contribution >= 0.6 is 12.4 Å². The molecular weight excluding hydrogens is 218 g/mol. The van der Waals surface area contributed by atoms with Crippen LogP contribution in [0.25, 0.3) is 11.6 Å². The van der Waals surface area contributed by atoms with Gasteiger partial charge in [-0.3, -0.25) is 4.98 Å². The number of nitrogens with zero attached hydrogens (tertiary/aromatic N) is 1. The number of rotatable bonds is 2. The summed E-state index contributed by atoms with van der Waals surface area (Å²) in [4.78, 5) is 4.31. The highest BCUT2D eigenvalue weighted by atomic mass is 35.5. The van der Waals surface area contributed by atoms with Gasteiger partial charge in [-0.05, 0) is 36.3 Å². The van der Waals surface area contributed by atoms with Crippen LogP contribution in [0.1, 0.15) is 18.2 Å². The zero-order valence-electron chi connectivity index (χ0n) is 9.13. The molecule has 1 nitrogen and oxygen atoms in total. The minimum Gasteiger partial charge on any atom is -0.257 e. The third-order valence-corrected chi connectivity index (χ3v) is 2.25. The third kappa shape index (κ3) is 3.21. The third-order valence-electron chi connectivity index (χ3n) is 2.25. The minimum absolute atomic E-state index is 0. The summed E-state index contributed by atoms with van der Waals surface area (Å²) in [5.74, 6) is 0. The number of halogens is 1. The summed E-state index contributed by atoms with van der Waals surface area (Å²) in [5.41, 5.74) is 3.42. The Morgan fingerprint density at radius 3 is 2.31 bits per heavy atom. The fraction of sp³-hybridized carbons (Fsp3) is 0.0714. The van der Waals surface area contributed by atoms with Crippen molar-refractivity contribution in [3.05, 3.63) is 66.0 Å². The van der Waals surface area contributed by atoms with Crippen molar-refractivity contribution in [3.63, 3.8) is 0 Å². The highest BCUT2D eigenvalue weighted by Crippen LogP contribution is 2.14. The van der Waals surface area contributed by atoms with Crippen LogP contribution in [0.15, 0.2) is 54.7 Å². The van der Waals surface area contributed by atoms with Gasteiger partial charge in [0, 0.05) is 6.20 Å². The van der Waals surface area contributed by atoms with Crippen molar-refractivity contribution >= 4 is 24.1 Å². The summed E-state index contributed by atoms with van der Waals surface area (Å²) < 4.78 is 0. The minimum atomic E-state index is 0. The van der Waals surface area contributed by atoms with Gasteiger partial charge < -0.3 is 0 Å². The molecule has 0 aliphatic carbocycles. The maximum absolute atomic E-state index is 4.31.